The third-order valence-corrected chi connectivity index (χ3v) is 6.09. The molecule has 3 atom stereocenters. The first-order valence-electron chi connectivity index (χ1n) is 8.82. The molecule has 2 heterocycles. The Morgan fingerprint density at radius 1 is 1.45 bits per heavy atom. The maximum absolute atomic E-state index is 12.6. The van der Waals surface area contributed by atoms with Crippen LogP contribution in [0.1, 0.15) is 24.1 Å². The number of aliphatic hydroxyl groups excluding tert-OH is 1. The normalized spacial score (nSPS) is 22.3. The van der Waals surface area contributed by atoms with Gasteiger partial charge in [0.15, 0.2) is 0 Å². The lowest BCUT2D eigenvalue weighted by Gasteiger charge is -2.49. The van der Waals surface area contributed by atoms with E-state index in [2.05, 4.69) is 5.32 Å². The third kappa shape index (κ3) is 3.74. The number of nitrogens with zero attached hydrogens (tertiary/aromatic N) is 1. The highest BCUT2D eigenvalue weighted by molar-refractivity contribution is 8.00. The number of hydrogen-bond acceptors (Lipinski definition) is 7. The van der Waals surface area contributed by atoms with Crippen LogP contribution in [0, 0.1) is 0 Å². The van der Waals surface area contributed by atoms with E-state index in [9.17, 15) is 24.6 Å². The van der Waals surface area contributed by atoms with Crippen molar-refractivity contribution in [3.8, 4) is 5.75 Å². The van der Waals surface area contributed by atoms with Gasteiger partial charge in [0.2, 0.25) is 5.91 Å². The van der Waals surface area contributed by atoms with Gasteiger partial charge in [-0.2, -0.15) is 0 Å². The number of carbonyl (C=O) groups excluding carboxylic acids is 2. The quantitative estimate of drug-likeness (QED) is 0.410. The zero-order valence-electron chi connectivity index (χ0n) is 15.5. The van der Waals surface area contributed by atoms with Crippen LogP contribution in [0.25, 0.3) is 0 Å². The average Bonchev–Trinajstić information content (AvgIpc) is 2.70. The number of fused-ring (bicyclic) bond motifs is 1. The summed E-state index contributed by atoms with van der Waals surface area (Å²) in [7, 11) is 0. The summed E-state index contributed by atoms with van der Waals surface area (Å²) in [5.41, 5.74) is 7.03. The molecule has 6 N–H and O–H groups in total. The number of nitrogens with two attached hydrogens (primary N) is 1. The molecule has 10 heteroatoms. The molecule has 0 aromatic heterocycles. The minimum absolute atomic E-state index is 0.0730. The van der Waals surface area contributed by atoms with Crippen molar-refractivity contribution in [1.29, 1.82) is 0 Å². The molecule has 0 spiro atoms. The number of benzene rings is 1. The highest BCUT2D eigenvalue weighted by Gasteiger charge is 2.54. The van der Waals surface area contributed by atoms with E-state index in [0.717, 1.165) is 0 Å². The summed E-state index contributed by atoms with van der Waals surface area (Å²) in [4.78, 5) is 37.9. The van der Waals surface area contributed by atoms with Crippen LogP contribution in [0.5, 0.6) is 5.75 Å². The zero-order valence-corrected chi connectivity index (χ0v) is 16.3. The monoisotopic (exact) mass is 419 g/mol. The zero-order chi connectivity index (χ0) is 21.3. The Bertz CT molecular complexity index is 929. The molecular formula is C19H21N3O6S. The van der Waals surface area contributed by atoms with Gasteiger partial charge in [0.05, 0.1) is 6.61 Å². The number of phenols is 1. The van der Waals surface area contributed by atoms with Gasteiger partial charge in [-0.25, -0.2) is 4.79 Å². The van der Waals surface area contributed by atoms with Crippen molar-refractivity contribution >= 4 is 29.5 Å². The van der Waals surface area contributed by atoms with Crippen LogP contribution in [-0.4, -0.2) is 55.2 Å². The fraction of sp³-hybridized carbons (Fsp3) is 0.316. The molecule has 1 aromatic rings. The molecule has 1 saturated heterocycles. The Balaban J connectivity index is 1.74. The lowest BCUT2D eigenvalue weighted by molar-refractivity contribution is -0.150. The molecule has 154 valence electrons. The van der Waals surface area contributed by atoms with Gasteiger partial charge in [-0.15, -0.1) is 11.8 Å². The van der Waals surface area contributed by atoms with E-state index in [0.29, 0.717) is 22.5 Å². The van der Waals surface area contributed by atoms with Gasteiger partial charge in [-0.05, 0) is 24.1 Å². The van der Waals surface area contributed by atoms with Crippen LogP contribution in [0.4, 0.5) is 0 Å². The third-order valence-electron chi connectivity index (χ3n) is 4.79. The van der Waals surface area contributed by atoms with E-state index >= 15 is 0 Å². The minimum atomic E-state index is -1.20. The van der Waals surface area contributed by atoms with E-state index in [4.69, 9.17) is 10.8 Å². The topological polar surface area (TPSA) is 153 Å². The predicted molar refractivity (Wildman–Crippen MR) is 105 cm³/mol. The van der Waals surface area contributed by atoms with Gasteiger partial charge < -0.3 is 26.4 Å². The maximum Gasteiger partial charge on any atom is 0.352 e. The lowest BCUT2D eigenvalue weighted by atomic mass is 10.0. The molecule has 2 aliphatic heterocycles. The second-order valence-electron chi connectivity index (χ2n) is 6.60. The van der Waals surface area contributed by atoms with Crippen LogP contribution < -0.4 is 11.1 Å². The van der Waals surface area contributed by atoms with Gasteiger partial charge >= 0.3 is 5.97 Å². The van der Waals surface area contributed by atoms with Crippen molar-refractivity contribution in [3.63, 3.8) is 0 Å². The summed E-state index contributed by atoms with van der Waals surface area (Å²) in [5.74, 6) is -2.12. The number of aliphatic carboxylic acids is 1. The van der Waals surface area contributed by atoms with E-state index in [1.165, 1.54) is 34.9 Å². The number of rotatable bonds is 6. The summed E-state index contributed by atoms with van der Waals surface area (Å²) in [5, 5.41) is 30.5. The number of aromatic hydroxyl groups is 1. The number of amides is 2. The molecule has 1 unspecified atom stereocenters. The number of β-lactam (4-membered cyclic amide) rings is 1. The van der Waals surface area contributed by atoms with Crippen molar-refractivity contribution in [2.24, 2.45) is 5.73 Å². The first kappa shape index (κ1) is 20.9. The van der Waals surface area contributed by atoms with Crippen LogP contribution in [0.3, 0.4) is 0 Å². The predicted octanol–water partition coefficient (Wildman–Crippen LogP) is 0.199. The van der Waals surface area contributed by atoms with E-state index in [1.54, 1.807) is 19.1 Å². The smallest absolute Gasteiger partial charge is 0.352 e. The Labute approximate surface area is 170 Å². The number of carbonyl (C=O) groups is 3. The molecule has 2 aliphatic rings. The molecule has 1 fully saturated rings. The van der Waals surface area contributed by atoms with Crippen LogP contribution >= 0.6 is 11.8 Å². The molecule has 0 aliphatic carbocycles. The maximum atomic E-state index is 12.6. The van der Waals surface area contributed by atoms with Gasteiger partial charge in [0, 0.05) is 11.3 Å². The van der Waals surface area contributed by atoms with Crippen LogP contribution in [0.2, 0.25) is 0 Å². The van der Waals surface area contributed by atoms with E-state index in [1.807, 2.05) is 0 Å². The molecule has 29 heavy (non-hydrogen) atoms. The van der Waals surface area contributed by atoms with E-state index in [-0.39, 0.29) is 18.1 Å². The first-order valence-corrected chi connectivity index (χ1v) is 9.87. The van der Waals surface area contributed by atoms with Crippen molar-refractivity contribution in [2.75, 3.05) is 5.75 Å². The number of hydrogen-bond donors (Lipinski definition) is 5. The summed E-state index contributed by atoms with van der Waals surface area (Å²) < 4.78 is 0. The Morgan fingerprint density at radius 2 is 2.17 bits per heavy atom. The summed E-state index contributed by atoms with van der Waals surface area (Å²) in [6.07, 6.45) is 3.36. The molecule has 2 amide bonds. The second kappa shape index (κ2) is 8.27. The number of nitrogens with one attached hydrogen (secondary N) is 1. The number of aliphatic hydroxyl groups is 1. The Kier molecular flexibility index (Phi) is 5.96. The molecular weight excluding hydrogens is 398 g/mol. The van der Waals surface area contributed by atoms with Crippen molar-refractivity contribution in [2.45, 2.75) is 31.0 Å². The number of carboxylic acid groups (broad SMARTS) is 1. The number of thioether (sulfide) groups is 1. The number of carboxylic acids is 1. The van der Waals surface area contributed by atoms with Gasteiger partial charge in [-0.3, -0.25) is 14.5 Å². The lowest BCUT2D eigenvalue weighted by Crippen LogP contribution is -2.71. The Hall–Kier alpha value is -2.82. The van der Waals surface area contributed by atoms with Crippen molar-refractivity contribution in [3.05, 3.63) is 52.7 Å². The largest absolute Gasteiger partial charge is 0.508 e. The highest BCUT2D eigenvalue weighted by atomic mass is 32.2. The van der Waals surface area contributed by atoms with Crippen LogP contribution in [0.15, 0.2) is 41.6 Å². The first-order chi connectivity index (χ1) is 13.8. The molecule has 0 radical (unpaired) electrons. The SMILES string of the molecule is CC=CC1=C(C(=O)O)N2C(=O)C(NC(=O)[C@H](N)c3ccc(CO)c(O)c3)[C@@H]2SC1. The van der Waals surface area contributed by atoms with Crippen molar-refractivity contribution in [1.82, 2.24) is 10.2 Å². The molecule has 1 aromatic carbocycles. The summed E-state index contributed by atoms with van der Waals surface area (Å²) in [6, 6.07) is 2.23. The van der Waals surface area contributed by atoms with Gasteiger partial charge in [0.25, 0.3) is 5.91 Å². The summed E-state index contributed by atoms with van der Waals surface area (Å²) in [6.45, 7) is 1.41. The van der Waals surface area contributed by atoms with Crippen LogP contribution in [-0.2, 0) is 21.0 Å². The minimum Gasteiger partial charge on any atom is -0.508 e. The summed E-state index contributed by atoms with van der Waals surface area (Å²) >= 11 is 1.36. The fourth-order valence-corrected chi connectivity index (χ4v) is 4.59. The van der Waals surface area contributed by atoms with Gasteiger partial charge in [-0.1, -0.05) is 24.3 Å². The molecule has 0 saturated carbocycles. The fourth-order valence-electron chi connectivity index (χ4n) is 3.27. The standard InChI is InChI=1S/C19H21N3O6S/c1-2-3-11-8-29-18-14(17(26)22(18)15(11)19(27)28)21-16(25)13(20)9-4-5-10(7-23)12(24)6-9/h2-6,13-14,18,23-24H,7-8,20H2,1H3,(H,21,25)(H,27,28)/t13-,14?,18+/m1/s1. The Morgan fingerprint density at radius 3 is 2.76 bits per heavy atom. The van der Waals surface area contributed by atoms with E-state index < -0.39 is 35.2 Å². The molecule has 9 nitrogen and oxygen atoms in total. The van der Waals surface area contributed by atoms with Gasteiger partial charge in [0.1, 0.15) is 28.9 Å². The molecule has 3 rings (SSSR count). The molecule has 0 bridgehead atoms. The average molecular weight is 419 g/mol. The second-order valence-corrected chi connectivity index (χ2v) is 7.70. The van der Waals surface area contributed by atoms with Crippen molar-refractivity contribution < 1.29 is 29.7 Å². The number of allylic oxidation sites excluding steroid dienone is 2. The highest BCUT2D eigenvalue weighted by Crippen LogP contribution is 2.40.